The van der Waals surface area contributed by atoms with Gasteiger partial charge in [-0.3, -0.25) is 4.79 Å². The van der Waals surface area contributed by atoms with Gasteiger partial charge in [0.15, 0.2) is 0 Å². The Hall–Kier alpha value is -2.61. The fourth-order valence-electron chi connectivity index (χ4n) is 5.63. The fourth-order valence-corrected chi connectivity index (χ4v) is 6.96. The van der Waals surface area contributed by atoms with Crippen LogP contribution in [0.1, 0.15) is 31.7 Å². The molecule has 1 aliphatic heterocycles. The Morgan fingerprint density at radius 1 is 0.872 bits per heavy atom. The molecule has 0 aromatic heterocycles. The van der Waals surface area contributed by atoms with E-state index in [9.17, 15) is 4.79 Å². The van der Waals surface area contributed by atoms with E-state index in [1.807, 2.05) is 43.0 Å². The van der Waals surface area contributed by atoms with Crippen LogP contribution in [0.25, 0.3) is 0 Å². The van der Waals surface area contributed by atoms with E-state index in [0.717, 1.165) is 54.5 Å². The third-order valence-corrected chi connectivity index (χ3v) is 9.02. The topological polar surface area (TPSA) is 30.0 Å². The lowest BCUT2D eigenvalue weighted by Crippen LogP contribution is -2.56. The number of carbonyl (C=O) groups is 1. The second-order valence-electron chi connectivity index (χ2n) is 10.6. The molecule has 1 amide bonds. The fraction of sp³-hybridized carbons (Fsp3) is 0.406. The van der Waals surface area contributed by atoms with Crippen molar-refractivity contribution in [2.24, 2.45) is 0 Å². The quantitative estimate of drug-likeness (QED) is 0.221. The van der Waals surface area contributed by atoms with Gasteiger partial charge in [-0.05, 0) is 55.3 Å². The molecule has 1 heterocycles. The molecule has 1 aliphatic rings. The van der Waals surface area contributed by atoms with E-state index in [-0.39, 0.29) is 5.91 Å². The van der Waals surface area contributed by atoms with Crippen molar-refractivity contribution in [2.45, 2.75) is 41.5 Å². The molecular weight excluding hydrogens is 521 g/mol. The summed E-state index contributed by atoms with van der Waals surface area (Å²) in [6, 6.07) is 25.3. The second-order valence-corrected chi connectivity index (χ2v) is 12.2. The van der Waals surface area contributed by atoms with Crippen LogP contribution < -0.4 is 14.7 Å². The van der Waals surface area contributed by atoms with E-state index in [2.05, 4.69) is 96.3 Å². The summed E-state index contributed by atoms with van der Waals surface area (Å²) >= 11 is 6.76. The summed E-state index contributed by atoms with van der Waals surface area (Å²) in [5.41, 5.74) is 4.01. The monoisotopic (exact) mass is 562 g/mol. The van der Waals surface area contributed by atoms with Gasteiger partial charge in [0.25, 0.3) is 0 Å². The molecule has 7 heteroatoms. The maximum absolute atomic E-state index is 13.7. The molecule has 0 N–H and O–H groups in total. The molecule has 4 rings (SSSR count). The minimum absolute atomic E-state index is 0.153. The maximum atomic E-state index is 13.7. The Labute approximate surface area is 244 Å². The van der Waals surface area contributed by atoms with E-state index in [4.69, 9.17) is 12.6 Å². The van der Waals surface area contributed by atoms with E-state index in [0.29, 0.717) is 6.42 Å². The zero-order valence-corrected chi connectivity index (χ0v) is 25.6. The molecule has 3 aromatic carbocycles. The van der Waals surface area contributed by atoms with Crippen LogP contribution >= 0.6 is 24.4 Å². The predicted octanol–water partition coefficient (Wildman–Crippen LogP) is 6.63. The summed E-state index contributed by atoms with van der Waals surface area (Å²) in [5.74, 6) is 1.19. The SMILES string of the molecule is CCC(=O)N(c1ccccc1)C1(c2cccc(S)c2N(C)C)CCN(CCSc2ccc(N(C)C)cc2)CC1. The first-order valence-corrected chi connectivity index (χ1v) is 15.2. The highest BCUT2D eigenvalue weighted by Gasteiger charge is 2.45. The van der Waals surface area contributed by atoms with E-state index in [1.54, 1.807) is 0 Å². The Kier molecular flexibility index (Phi) is 9.91. The highest BCUT2D eigenvalue weighted by atomic mass is 32.2. The van der Waals surface area contributed by atoms with Crippen LogP contribution in [0.4, 0.5) is 17.1 Å². The number of anilines is 3. The molecule has 39 heavy (non-hydrogen) atoms. The van der Waals surface area contributed by atoms with Crippen LogP contribution in [0, 0.1) is 0 Å². The summed E-state index contributed by atoms with van der Waals surface area (Å²) in [4.78, 5) is 24.9. The summed E-state index contributed by atoms with van der Waals surface area (Å²) in [6.07, 6.45) is 2.20. The Morgan fingerprint density at radius 2 is 1.54 bits per heavy atom. The molecule has 0 saturated carbocycles. The van der Waals surface area contributed by atoms with Crippen molar-refractivity contribution < 1.29 is 4.79 Å². The second kappa shape index (κ2) is 13.2. The molecule has 0 atom stereocenters. The average Bonchev–Trinajstić information content (AvgIpc) is 2.94. The van der Waals surface area contributed by atoms with Crippen LogP contribution in [0.2, 0.25) is 0 Å². The Morgan fingerprint density at radius 3 is 2.13 bits per heavy atom. The number of carbonyl (C=O) groups excluding carboxylic acids is 1. The number of nitrogens with zero attached hydrogens (tertiary/aromatic N) is 4. The predicted molar refractivity (Wildman–Crippen MR) is 171 cm³/mol. The molecule has 0 radical (unpaired) electrons. The molecular formula is C32H42N4OS2. The van der Waals surface area contributed by atoms with Gasteiger partial charge in [-0.1, -0.05) is 37.3 Å². The maximum Gasteiger partial charge on any atom is 0.227 e. The van der Waals surface area contributed by atoms with Crippen LogP contribution in [0.15, 0.2) is 82.6 Å². The van der Waals surface area contributed by atoms with Crippen molar-refractivity contribution in [3.8, 4) is 0 Å². The van der Waals surface area contributed by atoms with E-state index >= 15 is 0 Å². The number of hydrogen-bond donors (Lipinski definition) is 1. The number of amides is 1. The molecule has 0 bridgehead atoms. The highest BCUT2D eigenvalue weighted by molar-refractivity contribution is 7.99. The zero-order valence-electron chi connectivity index (χ0n) is 23.9. The molecule has 0 unspecified atom stereocenters. The van der Waals surface area contributed by atoms with Crippen molar-refractivity contribution in [3.05, 3.63) is 78.4 Å². The van der Waals surface area contributed by atoms with Gasteiger partial charge in [0.05, 0.1) is 11.2 Å². The normalized spacial score (nSPS) is 15.1. The first kappa shape index (κ1) is 29.4. The molecule has 1 fully saturated rings. The zero-order chi connectivity index (χ0) is 28.0. The molecule has 208 valence electrons. The lowest BCUT2D eigenvalue weighted by atomic mass is 9.77. The van der Waals surface area contributed by atoms with Gasteiger partial charge in [0.1, 0.15) is 0 Å². The third-order valence-electron chi connectivity index (χ3n) is 7.67. The van der Waals surface area contributed by atoms with Gasteiger partial charge in [-0.2, -0.15) is 0 Å². The number of likely N-dealkylation sites (tertiary alicyclic amines) is 1. The summed E-state index contributed by atoms with van der Waals surface area (Å²) in [7, 11) is 8.27. The minimum atomic E-state index is -0.446. The van der Waals surface area contributed by atoms with Crippen molar-refractivity contribution in [2.75, 3.05) is 68.3 Å². The number of piperidine rings is 1. The smallest absolute Gasteiger partial charge is 0.227 e. The lowest BCUT2D eigenvalue weighted by Gasteiger charge is -2.50. The van der Waals surface area contributed by atoms with Crippen LogP contribution in [-0.4, -0.2) is 64.4 Å². The summed E-state index contributed by atoms with van der Waals surface area (Å²) in [5, 5.41) is 0. The van der Waals surface area contributed by atoms with Crippen LogP contribution in [0.5, 0.6) is 0 Å². The molecule has 0 aliphatic carbocycles. The van der Waals surface area contributed by atoms with Gasteiger partial charge in [-0.25, -0.2) is 0 Å². The number of benzene rings is 3. The van der Waals surface area contributed by atoms with Crippen LogP contribution in [0.3, 0.4) is 0 Å². The largest absolute Gasteiger partial charge is 0.378 e. The first-order valence-electron chi connectivity index (χ1n) is 13.8. The van der Waals surface area contributed by atoms with Gasteiger partial charge < -0.3 is 19.6 Å². The molecule has 1 saturated heterocycles. The summed E-state index contributed by atoms with van der Waals surface area (Å²) < 4.78 is 0. The number of hydrogen-bond acceptors (Lipinski definition) is 6. The molecule has 3 aromatic rings. The molecule has 5 nitrogen and oxygen atoms in total. The van der Waals surface area contributed by atoms with Crippen molar-refractivity contribution in [1.82, 2.24) is 4.90 Å². The third kappa shape index (κ3) is 6.59. The Bertz CT molecular complexity index is 1220. The minimum Gasteiger partial charge on any atom is -0.378 e. The van der Waals surface area contributed by atoms with Crippen molar-refractivity contribution in [1.29, 1.82) is 0 Å². The number of thiol groups is 1. The van der Waals surface area contributed by atoms with Gasteiger partial charge in [0, 0.05) is 86.7 Å². The van der Waals surface area contributed by atoms with Gasteiger partial charge in [-0.15, -0.1) is 24.4 Å². The molecule has 0 spiro atoms. The van der Waals surface area contributed by atoms with Crippen molar-refractivity contribution >= 4 is 47.4 Å². The van der Waals surface area contributed by atoms with Gasteiger partial charge in [0.2, 0.25) is 5.91 Å². The van der Waals surface area contributed by atoms with Crippen LogP contribution in [-0.2, 0) is 10.3 Å². The lowest BCUT2D eigenvalue weighted by molar-refractivity contribution is -0.120. The standard InChI is InChI=1S/C32H42N4OS2/c1-6-30(37)36(26-11-8-7-9-12-26)32(28-13-10-14-29(38)31(28)34(4)5)19-21-35(22-20-32)23-24-39-27-17-15-25(16-18-27)33(2)3/h7-18,38H,6,19-24H2,1-5H3. The number of thioether (sulfide) groups is 1. The average molecular weight is 563 g/mol. The van der Waals surface area contributed by atoms with Gasteiger partial charge >= 0.3 is 0 Å². The highest BCUT2D eigenvalue weighted by Crippen LogP contribution is 2.47. The van der Waals surface area contributed by atoms with E-state index < -0.39 is 5.54 Å². The van der Waals surface area contributed by atoms with Crippen molar-refractivity contribution in [3.63, 3.8) is 0 Å². The summed E-state index contributed by atoms with van der Waals surface area (Å²) in [6.45, 7) is 4.86. The van der Waals surface area contributed by atoms with E-state index in [1.165, 1.54) is 16.1 Å². The number of rotatable bonds is 10. The first-order chi connectivity index (χ1) is 18.8. The Balaban J connectivity index is 1.59. The number of para-hydroxylation sites is 2.